The number of benzene rings is 2. The molecule has 174 valence electrons. The van der Waals surface area contributed by atoms with Crippen molar-refractivity contribution in [3.8, 4) is 17.6 Å². The SMILES string of the molecule is Cn1c(N2CCC3(CC2)Cc2ccccc2[C@H]3N)ncc(C#CCc2ccc(F)c(O)c2)c1=O. The second kappa shape index (κ2) is 8.62. The van der Waals surface area contributed by atoms with Gasteiger partial charge in [-0.3, -0.25) is 9.36 Å². The van der Waals surface area contributed by atoms with Gasteiger partial charge in [0.2, 0.25) is 5.95 Å². The minimum absolute atomic E-state index is 0.0447. The van der Waals surface area contributed by atoms with Gasteiger partial charge in [-0.2, -0.15) is 0 Å². The lowest BCUT2D eigenvalue weighted by molar-refractivity contribution is 0.186. The van der Waals surface area contributed by atoms with Crippen molar-refractivity contribution >= 4 is 5.95 Å². The number of rotatable bonds is 2. The number of hydrogen-bond donors (Lipinski definition) is 2. The minimum Gasteiger partial charge on any atom is -0.505 e. The predicted molar refractivity (Wildman–Crippen MR) is 129 cm³/mol. The van der Waals surface area contributed by atoms with Crippen molar-refractivity contribution in [2.75, 3.05) is 18.0 Å². The average Bonchev–Trinajstić information content (AvgIpc) is 3.11. The zero-order valence-corrected chi connectivity index (χ0v) is 19.1. The topological polar surface area (TPSA) is 84.4 Å². The molecule has 1 saturated heterocycles. The Morgan fingerprint density at radius 3 is 2.74 bits per heavy atom. The maximum Gasteiger partial charge on any atom is 0.270 e. The number of halogens is 1. The summed E-state index contributed by atoms with van der Waals surface area (Å²) in [5.74, 6) is 5.33. The molecule has 6 nitrogen and oxygen atoms in total. The first kappa shape index (κ1) is 22.2. The van der Waals surface area contributed by atoms with Crippen LogP contribution in [0, 0.1) is 23.1 Å². The first-order valence-corrected chi connectivity index (χ1v) is 11.5. The highest BCUT2D eigenvalue weighted by atomic mass is 19.1. The van der Waals surface area contributed by atoms with Crippen molar-refractivity contribution in [1.29, 1.82) is 0 Å². The van der Waals surface area contributed by atoms with Gasteiger partial charge in [0.25, 0.3) is 5.56 Å². The van der Waals surface area contributed by atoms with Crippen molar-refractivity contribution in [1.82, 2.24) is 9.55 Å². The van der Waals surface area contributed by atoms with E-state index in [0.29, 0.717) is 17.1 Å². The molecule has 2 heterocycles. The molecule has 0 bridgehead atoms. The van der Waals surface area contributed by atoms with E-state index in [4.69, 9.17) is 5.73 Å². The fourth-order valence-corrected chi connectivity index (χ4v) is 5.28. The lowest BCUT2D eigenvalue weighted by Gasteiger charge is -2.42. The van der Waals surface area contributed by atoms with Crippen LogP contribution in [0.25, 0.3) is 0 Å². The normalized spacial score (nSPS) is 18.4. The second-order valence-electron chi connectivity index (χ2n) is 9.30. The van der Waals surface area contributed by atoms with Gasteiger partial charge in [-0.15, -0.1) is 0 Å². The third-order valence-corrected chi connectivity index (χ3v) is 7.30. The molecule has 1 aromatic heterocycles. The highest BCUT2D eigenvalue weighted by Gasteiger charge is 2.46. The zero-order valence-electron chi connectivity index (χ0n) is 19.1. The van der Waals surface area contributed by atoms with E-state index >= 15 is 0 Å². The Balaban J connectivity index is 1.29. The molecule has 7 heteroatoms. The molecule has 34 heavy (non-hydrogen) atoms. The molecule has 0 radical (unpaired) electrons. The Morgan fingerprint density at radius 1 is 1.24 bits per heavy atom. The van der Waals surface area contributed by atoms with Gasteiger partial charge in [-0.1, -0.05) is 42.2 Å². The second-order valence-corrected chi connectivity index (χ2v) is 9.30. The molecule has 1 aliphatic heterocycles. The molecule has 1 atom stereocenters. The molecule has 3 N–H and O–H groups in total. The number of piperidine rings is 1. The summed E-state index contributed by atoms with van der Waals surface area (Å²) in [7, 11) is 1.72. The van der Waals surface area contributed by atoms with Gasteiger partial charge in [-0.05, 0) is 53.5 Å². The first-order valence-electron chi connectivity index (χ1n) is 11.5. The molecular formula is C27H27FN4O2. The Hall–Kier alpha value is -3.63. The smallest absolute Gasteiger partial charge is 0.270 e. The van der Waals surface area contributed by atoms with Crippen LogP contribution < -0.4 is 16.2 Å². The molecule has 2 aliphatic rings. The highest BCUT2D eigenvalue weighted by Crippen LogP contribution is 2.50. The highest BCUT2D eigenvalue weighted by molar-refractivity contribution is 5.42. The minimum atomic E-state index is -0.673. The third-order valence-electron chi connectivity index (χ3n) is 7.30. The van der Waals surface area contributed by atoms with Crippen LogP contribution in [0.15, 0.2) is 53.5 Å². The molecule has 0 saturated carbocycles. The number of nitrogens with two attached hydrogens (primary N) is 1. The summed E-state index contributed by atoms with van der Waals surface area (Å²) < 4.78 is 14.7. The van der Waals surface area contributed by atoms with E-state index in [0.717, 1.165) is 32.4 Å². The Morgan fingerprint density at radius 2 is 2.00 bits per heavy atom. The molecule has 0 unspecified atom stereocenters. The standard InChI is InChI=1S/C27H27FN4O2/c1-31-25(34)20(7-4-5-18-9-10-22(28)23(33)15-18)17-30-26(31)32-13-11-27(12-14-32)16-19-6-2-3-8-21(19)24(27)29/h2-3,6,8-10,15,17,24,33H,5,11-14,16,29H2,1H3/t24-/m1/s1. The Labute approximate surface area is 197 Å². The van der Waals surface area contributed by atoms with E-state index in [1.54, 1.807) is 17.7 Å². The van der Waals surface area contributed by atoms with E-state index in [1.165, 1.54) is 29.5 Å². The van der Waals surface area contributed by atoms with Crippen LogP contribution in [0.1, 0.15) is 41.1 Å². The number of aromatic nitrogens is 2. The number of nitrogens with zero attached hydrogens (tertiary/aromatic N) is 3. The van der Waals surface area contributed by atoms with Gasteiger partial charge in [0, 0.05) is 32.6 Å². The van der Waals surface area contributed by atoms with Gasteiger partial charge in [0.1, 0.15) is 5.56 Å². The summed E-state index contributed by atoms with van der Waals surface area (Å²) in [4.78, 5) is 19.6. The van der Waals surface area contributed by atoms with Gasteiger partial charge in [0.05, 0.1) is 6.20 Å². The number of phenols is 1. The van der Waals surface area contributed by atoms with E-state index in [2.05, 4.69) is 46.0 Å². The van der Waals surface area contributed by atoms with Crippen molar-refractivity contribution in [3.05, 3.63) is 87.1 Å². The molecule has 1 aliphatic carbocycles. The maximum absolute atomic E-state index is 13.2. The molecule has 0 amide bonds. The summed E-state index contributed by atoms with van der Waals surface area (Å²) in [6.45, 7) is 1.59. The molecule has 3 aromatic rings. The fraction of sp³-hybridized carbons (Fsp3) is 0.333. The van der Waals surface area contributed by atoms with Crippen LogP contribution in [0.2, 0.25) is 0 Å². The number of aromatic hydroxyl groups is 1. The number of phenolic OH excluding ortho intramolecular Hbond substituents is 1. The predicted octanol–water partition coefficient (Wildman–Crippen LogP) is 3.06. The molecule has 1 fully saturated rings. The summed E-state index contributed by atoms with van der Waals surface area (Å²) in [6, 6.07) is 12.6. The summed E-state index contributed by atoms with van der Waals surface area (Å²) in [5.41, 5.74) is 10.1. The van der Waals surface area contributed by atoms with E-state index < -0.39 is 11.6 Å². The van der Waals surface area contributed by atoms with Crippen molar-refractivity contribution < 1.29 is 9.50 Å². The van der Waals surface area contributed by atoms with Crippen LogP contribution in [0.4, 0.5) is 10.3 Å². The van der Waals surface area contributed by atoms with Crippen LogP contribution in [-0.2, 0) is 19.9 Å². The summed E-state index contributed by atoms with van der Waals surface area (Å²) in [5, 5.41) is 9.48. The zero-order chi connectivity index (χ0) is 23.9. The monoisotopic (exact) mass is 458 g/mol. The third kappa shape index (κ3) is 3.84. The lowest BCUT2D eigenvalue weighted by Crippen LogP contribution is -2.46. The van der Waals surface area contributed by atoms with Crippen LogP contribution in [0.3, 0.4) is 0 Å². The maximum atomic E-state index is 13.2. The van der Waals surface area contributed by atoms with Crippen molar-refractivity contribution in [2.24, 2.45) is 18.2 Å². The van der Waals surface area contributed by atoms with E-state index in [-0.39, 0.29) is 23.4 Å². The van der Waals surface area contributed by atoms with Gasteiger partial charge in [0.15, 0.2) is 11.6 Å². The quantitative estimate of drug-likeness (QED) is 0.577. The van der Waals surface area contributed by atoms with E-state index in [1.807, 2.05) is 0 Å². The molecular weight excluding hydrogens is 431 g/mol. The number of hydrogen-bond acceptors (Lipinski definition) is 5. The van der Waals surface area contributed by atoms with Gasteiger partial charge >= 0.3 is 0 Å². The number of anilines is 1. The largest absolute Gasteiger partial charge is 0.505 e. The summed E-state index contributed by atoms with van der Waals surface area (Å²) >= 11 is 0. The lowest BCUT2D eigenvalue weighted by atomic mass is 9.73. The van der Waals surface area contributed by atoms with E-state index in [9.17, 15) is 14.3 Å². The van der Waals surface area contributed by atoms with Crippen LogP contribution >= 0.6 is 0 Å². The summed E-state index contributed by atoms with van der Waals surface area (Å²) in [6.07, 6.45) is 4.71. The number of fused-ring (bicyclic) bond motifs is 1. The van der Waals surface area contributed by atoms with Crippen molar-refractivity contribution in [2.45, 2.75) is 31.7 Å². The average molecular weight is 459 g/mol. The molecule has 1 spiro atoms. The Bertz CT molecular complexity index is 1360. The van der Waals surface area contributed by atoms with Gasteiger partial charge < -0.3 is 15.7 Å². The fourth-order valence-electron chi connectivity index (χ4n) is 5.28. The molecule has 2 aromatic carbocycles. The van der Waals surface area contributed by atoms with Gasteiger partial charge in [-0.25, -0.2) is 9.37 Å². The Kier molecular flexibility index (Phi) is 5.62. The van der Waals surface area contributed by atoms with Crippen LogP contribution in [-0.4, -0.2) is 27.7 Å². The van der Waals surface area contributed by atoms with Crippen molar-refractivity contribution in [3.63, 3.8) is 0 Å². The van der Waals surface area contributed by atoms with Crippen LogP contribution in [0.5, 0.6) is 5.75 Å². The molecule has 5 rings (SSSR count). The first-order chi connectivity index (χ1) is 16.4.